The van der Waals surface area contributed by atoms with Crippen LogP contribution in [0.5, 0.6) is 0 Å². The summed E-state index contributed by atoms with van der Waals surface area (Å²) in [4.78, 5) is 24.7. The van der Waals surface area contributed by atoms with Crippen molar-refractivity contribution in [1.82, 2.24) is 14.7 Å². The summed E-state index contributed by atoms with van der Waals surface area (Å²) in [6, 6.07) is 0. The molecule has 1 N–H and O–H groups in total. The van der Waals surface area contributed by atoms with Gasteiger partial charge >= 0.3 is 12.1 Å². The molecule has 1 aliphatic heterocycles. The fourth-order valence-electron chi connectivity index (χ4n) is 3.04. The number of carboxylic acid groups (broad SMARTS) is 1. The van der Waals surface area contributed by atoms with E-state index in [1.807, 2.05) is 0 Å². The third kappa shape index (κ3) is 4.32. The quantitative estimate of drug-likeness (QED) is 0.898. The summed E-state index contributed by atoms with van der Waals surface area (Å²) in [7, 11) is 0. The van der Waals surface area contributed by atoms with Crippen LogP contribution in [0, 0.1) is 5.92 Å². The van der Waals surface area contributed by atoms with E-state index in [0.29, 0.717) is 12.8 Å². The minimum absolute atomic E-state index is 0.0117. The van der Waals surface area contributed by atoms with E-state index in [1.165, 1.54) is 4.90 Å². The summed E-state index contributed by atoms with van der Waals surface area (Å²) >= 11 is 0. The van der Waals surface area contributed by atoms with Gasteiger partial charge in [0.2, 0.25) is 0 Å². The van der Waals surface area contributed by atoms with E-state index >= 15 is 0 Å². The van der Waals surface area contributed by atoms with Gasteiger partial charge in [-0.2, -0.15) is 18.3 Å². The number of carbonyl (C=O) groups excluding carboxylic acids is 1. The molecule has 1 aliphatic rings. The van der Waals surface area contributed by atoms with Crippen molar-refractivity contribution >= 4 is 11.9 Å². The topological polar surface area (TPSA) is 75.4 Å². The molecule has 0 aromatic carbocycles. The Kier molecular flexibility index (Phi) is 5.15. The molecule has 2 heterocycles. The second-order valence-electron chi connectivity index (χ2n) is 7.32. The number of hydrogen-bond donors (Lipinski definition) is 1. The van der Waals surface area contributed by atoms with Gasteiger partial charge in [-0.1, -0.05) is 0 Å². The first-order valence-corrected chi connectivity index (χ1v) is 8.08. The molecule has 1 aromatic rings. The van der Waals surface area contributed by atoms with Crippen LogP contribution in [0.2, 0.25) is 0 Å². The minimum Gasteiger partial charge on any atom is -0.481 e. The number of aliphatic carboxylic acids is 1. The van der Waals surface area contributed by atoms with Crippen molar-refractivity contribution in [3.8, 4) is 0 Å². The molecule has 1 aromatic heterocycles. The molecule has 0 spiro atoms. The Balaban J connectivity index is 2.23. The van der Waals surface area contributed by atoms with Gasteiger partial charge < -0.3 is 10.0 Å². The molecule has 0 atom stereocenters. The maximum Gasteiger partial charge on any atom is 0.433 e. The normalized spacial score (nSPS) is 17.0. The van der Waals surface area contributed by atoms with Gasteiger partial charge in [-0.25, -0.2) is 0 Å². The van der Waals surface area contributed by atoms with Gasteiger partial charge in [0, 0.05) is 19.5 Å². The van der Waals surface area contributed by atoms with Gasteiger partial charge in [0.05, 0.1) is 17.3 Å². The fraction of sp³-hybridized carbons (Fsp3) is 0.688. The van der Waals surface area contributed by atoms with E-state index in [4.69, 9.17) is 5.11 Å². The number of halogens is 3. The van der Waals surface area contributed by atoms with Gasteiger partial charge in [-0.3, -0.25) is 14.3 Å². The standard InChI is InChI=1S/C16H22F3N3O3/c1-15(2,3)22-13(16(17,18)19)11(9-20-22)14(25)21-6-4-10(5-7-21)8-12(23)24/h9-10H,4-8H2,1-3H3,(H,23,24). The number of hydrogen-bond acceptors (Lipinski definition) is 3. The first-order chi connectivity index (χ1) is 11.4. The lowest BCUT2D eigenvalue weighted by Crippen LogP contribution is -2.40. The number of aromatic nitrogens is 2. The van der Waals surface area contributed by atoms with Crippen molar-refractivity contribution in [1.29, 1.82) is 0 Å². The van der Waals surface area contributed by atoms with Crippen LogP contribution in [0.3, 0.4) is 0 Å². The van der Waals surface area contributed by atoms with Crippen molar-refractivity contribution in [2.24, 2.45) is 5.92 Å². The summed E-state index contributed by atoms with van der Waals surface area (Å²) in [6.07, 6.45) is -2.78. The molecule has 9 heteroatoms. The van der Waals surface area contributed by atoms with E-state index in [9.17, 15) is 22.8 Å². The monoisotopic (exact) mass is 361 g/mol. The second-order valence-corrected chi connectivity index (χ2v) is 7.32. The predicted molar refractivity (Wildman–Crippen MR) is 83.1 cm³/mol. The molecule has 2 rings (SSSR count). The minimum atomic E-state index is -4.70. The number of piperidine rings is 1. The molecule has 25 heavy (non-hydrogen) atoms. The molecule has 6 nitrogen and oxygen atoms in total. The lowest BCUT2D eigenvalue weighted by Gasteiger charge is -2.31. The zero-order chi connectivity index (χ0) is 19.0. The predicted octanol–water partition coefficient (Wildman–Crippen LogP) is 2.98. The Labute approximate surface area is 143 Å². The lowest BCUT2D eigenvalue weighted by atomic mass is 9.93. The highest BCUT2D eigenvalue weighted by atomic mass is 19.4. The summed E-state index contributed by atoms with van der Waals surface area (Å²) in [6.45, 7) is 5.24. The van der Waals surface area contributed by atoms with E-state index in [0.717, 1.165) is 10.9 Å². The van der Waals surface area contributed by atoms with Gasteiger partial charge in [-0.05, 0) is 39.5 Å². The van der Waals surface area contributed by atoms with Crippen LogP contribution in [0.1, 0.15) is 56.1 Å². The van der Waals surface area contributed by atoms with Crippen LogP contribution in [0.4, 0.5) is 13.2 Å². The van der Waals surface area contributed by atoms with Gasteiger partial charge in [0.1, 0.15) is 0 Å². The first kappa shape index (κ1) is 19.3. The number of likely N-dealkylation sites (tertiary alicyclic amines) is 1. The number of nitrogens with zero attached hydrogens (tertiary/aromatic N) is 3. The molecule has 140 valence electrons. The number of carboxylic acids is 1. The number of alkyl halides is 3. The van der Waals surface area contributed by atoms with E-state index in [2.05, 4.69) is 5.10 Å². The number of rotatable bonds is 3. The largest absolute Gasteiger partial charge is 0.481 e. The molecule has 1 amide bonds. The average Bonchev–Trinajstić information content (AvgIpc) is 2.91. The molecule has 1 saturated heterocycles. The third-order valence-electron chi connectivity index (χ3n) is 4.27. The Hall–Kier alpha value is -2.06. The van der Waals surface area contributed by atoms with E-state index < -0.39 is 34.8 Å². The molecular formula is C16H22F3N3O3. The molecule has 0 radical (unpaired) electrons. The number of carbonyl (C=O) groups is 2. The highest BCUT2D eigenvalue weighted by molar-refractivity contribution is 5.95. The first-order valence-electron chi connectivity index (χ1n) is 8.08. The highest BCUT2D eigenvalue weighted by Gasteiger charge is 2.43. The van der Waals surface area contributed by atoms with Crippen LogP contribution in [0.25, 0.3) is 0 Å². The Morgan fingerprint density at radius 1 is 1.24 bits per heavy atom. The SMILES string of the molecule is CC(C)(C)n1ncc(C(=O)N2CCC(CC(=O)O)CC2)c1C(F)(F)F. The number of amides is 1. The van der Waals surface area contributed by atoms with Gasteiger partial charge in [0.25, 0.3) is 5.91 Å². The van der Waals surface area contributed by atoms with Crippen molar-refractivity contribution in [3.05, 3.63) is 17.5 Å². The lowest BCUT2D eigenvalue weighted by molar-refractivity contribution is -0.146. The molecule has 1 fully saturated rings. The van der Waals surface area contributed by atoms with Crippen molar-refractivity contribution in [2.75, 3.05) is 13.1 Å². The summed E-state index contributed by atoms with van der Waals surface area (Å²) in [5.74, 6) is -1.67. The van der Waals surface area contributed by atoms with E-state index in [1.54, 1.807) is 20.8 Å². The zero-order valence-corrected chi connectivity index (χ0v) is 14.4. The van der Waals surface area contributed by atoms with E-state index in [-0.39, 0.29) is 25.4 Å². The molecule has 0 unspecified atom stereocenters. The van der Waals surface area contributed by atoms with Crippen molar-refractivity contribution in [3.63, 3.8) is 0 Å². The van der Waals surface area contributed by atoms with Crippen LogP contribution in [-0.2, 0) is 16.5 Å². The van der Waals surface area contributed by atoms with Crippen molar-refractivity contribution < 1.29 is 27.9 Å². The molecular weight excluding hydrogens is 339 g/mol. The Morgan fingerprint density at radius 3 is 2.24 bits per heavy atom. The van der Waals surface area contributed by atoms with Crippen LogP contribution in [0.15, 0.2) is 6.20 Å². The third-order valence-corrected chi connectivity index (χ3v) is 4.27. The van der Waals surface area contributed by atoms with Gasteiger partial charge in [0.15, 0.2) is 5.69 Å². The average molecular weight is 361 g/mol. The second kappa shape index (κ2) is 6.68. The van der Waals surface area contributed by atoms with Crippen LogP contribution >= 0.6 is 0 Å². The highest BCUT2D eigenvalue weighted by Crippen LogP contribution is 2.35. The van der Waals surface area contributed by atoms with Crippen molar-refractivity contribution in [2.45, 2.75) is 51.7 Å². The summed E-state index contributed by atoms with van der Waals surface area (Å²) in [5.41, 5.74) is -2.42. The molecule has 0 aliphatic carbocycles. The maximum atomic E-state index is 13.5. The van der Waals surface area contributed by atoms with Crippen LogP contribution in [-0.4, -0.2) is 44.8 Å². The van der Waals surface area contributed by atoms with Crippen LogP contribution < -0.4 is 0 Å². The maximum absolute atomic E-state index is 13.5. The zero-order valence-electron chi connectivity index (χ0n) is 14.4. The Morgan fingerprint density at radius 2 is 1.80 bits per heavy atom. The fourth-order valence-corrected chi connectivity index (χ4v) is 3.04. The Bertz CT molecular complexity index is 654. The summed E-state index contributed by atoms with van der Waals surface area (Å²) in [5, 5.41) is 12.6. The van der Waals surface area contributed by atoms with Gasteiger partial charge in [-0.15, -0.1) is 0 Å². The smallest absolute Gasteiger partial charge is 0.433 e. The summed E-state index contributed by atoms with van der Waals surface area (Å²) < 4.78 is 41.4. The molecule has 0 saturated carbocycles. The molecule has 0 bridgehead atoms.